The first kappa shape index (κ1) is 16.9. The molecule has 6 nitrogen and oxygen atoms in total. The number of pyridine rings is 1. The standard InChI is InChI=1S/C17H21N3O3S/c1-2-23-15-6-3-7-16(11-15)24(21,22)20-10-9-19-13-17(20)14-5-4-8-18-12-14/h3-8,11-12,17,19H,2,9-10,13H2,1H3. The Morgan fingerprint density at radius 3 is 2.96 bits per heavy atom. The van der Waals surface area contributed by atoms with Gasteiger partial charge in [-0.1, -0.05) is 12.1 Å². The van der Waals surface area contributed by atoms with Crippen molar-refractivity contribution in [2.75, 3.05) is 26.2 Å². The van der Waals surface area contributed by atoms with Crippen LogP contribution in [0.25, 0.3) is 0 Å². The molecule has 1 aromatic heterocycles. The van der Waals surface area contributed by atoms with Gasteiger partial charge in [0.05, 0.1) is 17.5 Å². The lowest BCUT2D eigenvalue weighted by Crippen LogP contribution is -2.48. The van der Waals surface area contributed by atoms with Gasteiger partial charge in [-0.25, -0.2) is 8.42 Å². The van der Waals surface area contributed by atoms with Crippen molar-refractivity contribution in [3.63, 3.8) is 0 Å². The Morgan fingerprint density at radius 2 is 2.21 bits per heavy atom. The largest absolute Gasteiger partial charge is 0.494 e. The fourth-order valence-corrected chi connectivity index (χ4v) is 4.51. The smallest absolute Gasteiger partial charge is 0.243 e. The van der Waals surface area contributed by atoms with Crippen molar-refractivity contribution in [1.82, 2.24) is 14.6 Å². The van der Waals surface area contributed by atoms with Crippen molar-refractivity contribution in [2.24, 2.45) is 0 Å². The summed E-state index contributed by atoms with van der Waals surface area (Å²) in [6, 6.07) is 10.1. The highest BCUT2D eigenvalue weighted by atomic mass is 32.2. The third-order valence-corrected chi connectivity index (χ3v) is 5.89. The van der Waals surface area contributed by atoms with E-state index in [1.165, 1.54) is 0 Å². The van der Waals surface area contributed by atoms with Crippen LogP contribution in [0.1, 0.15) is 18.5 Å². The lowest BCUT2D eigenvalue weighted by atomic mass is 10.1. The Hall–Kier alpha value is -1.96. The molecular formula is C17H21N3O3S. The number of sulfonamides is 1. The van der Waals surface area contributed by atoms with Crippen LogP contribution < -0.4 is 10.1 Å². The molecule has 1 aliphatic heterocycles. The van der Waals surface area contributed by atoms with Crippen LogP contribution in [-0.2, 0) is 10.0 Å². The number of hydrogen-bond acceptors (Lipinski definition) is 5. The first-order valence-corrected chi connectivity index (χ1v) is 9.42. The number of piperazine rings is 1. The molecule has 0 aliphatic carbocycles. The van der Waals surface area contributed by atoms with E-state index in [0.717, 1.165) is 5.56 Å². The van der Waals surface area contributed by atoms with Gasteiger partial charge in [0.1, 0.15) is 5.75 Å². The predicted octanol–water partition coefficient (Wildman–Crippen LogP) is 1.82. The Labute approximate surface area is 142 Å². The van der Waals surface area contributed by atoms with Gasteiger partial charge < -0.3 is 10.1 Å². The number of benzene rings is 1. The van der Waals surface area contributed by atoms with Crippen molar-refractivity contribution >= 4 is 10.0 Å². The van der Waals surface area contributed by atoms with E-state index in [1.807, 2.05) is 19.1 Å². The molecule has 3 rings (SSSR count). The zero-order valence-corrected chi connectivity index (χ0v) is 14.4. The van der Waals surface area contributed by atoms with Gasteiger partial charge in [0, 0.05) is 38.1 Å². The monoisotopic (exact) mass is 347 g/mol. The molecule has 1 aromatic carbocycles. The summed E-state index contributed by atoms with van der Waals surface area (Å²) in [5, 5.41) is 3.26. The quantitative estimate of drug-likeness (QED) is 0.893. The van der Waals surface area contributed by atoms with Gasteiger partial charge in [0.15, 0.2) is 0 Å². The van der Waals surface area contributed by atoms with Gasteiger partial charge in [-0.15, -0.1) is 0 Å². The number of rotatable bonds is 5. The molecule has 2 aromatic rings. The van der Waals surface area contributed by atoms with E-state index < -0.39 is 10.0 Å². The summed E-state index contributed by atoms with van der Waals surface area (Å²) >= 11 is 0. The summed E-state index contributed by atoms with van der Waals surface area (Å²) in [5.41, 5.74) is 0.884. The van der Waals surface area contributed by atoms with Crippen molar-refractivity contribution in [3.8, 4) is 5.75 Å². The second kappa shape index (κ2) is 7.29. The Balaban J connectivity index is 1.96. The van der Waals surface area contributed by atoms with E-state index in [-0.39, 0.29) is 10.9 Å². The fraction of sp³-hybridized carbons (Fsp3) is 0.353. The molecule has 24 heavy (non-hydrogen) atoms. The summed E-state index contributed by atoms with van der Waals surface area (Å²) in [5.74, 6) is 0.562. The van der Waals surface area contributed by atoms with Gasteiger partial charge in [-0.3, -0.25) is 4.98 Å². The minimum atomic E-state index is -3.61. The summed E-state index contributed by atoms with van der Waals surface area (Å²) in [4.78, 5) is 4.37. The van der Waals surface area contributed by atoms with Crippen molar-refractivity contribution < 1.29 is 13.2 Å². The molecular weight excluding hydrogens is 326 g/mol. The van der Waals surface area contributed by atoms with Crippen LogP contribution in [0.15, 0.2) is 53.7 Å². The minimum Gasteiger partial charge on any atom is -0.494 e. The zero-order valence-electron chi connectivity index (χ0n) is 13.6. The summed E-state index contributed by atoms with van der Waals surface area (Å²) < 4.78 is 33.3. The van der Waals surface area contributed by atoms with Crippen LogP contribution in [0.2, 0.25) is 0 Å². The molecule has 1 saturated heterocycles. The molecule has 128 valence electrons. The van der Waals surface area contributed by atoms with Crippen LogP contribution in [0.3, 0.4) is 0 Å². The SMILES string of the molecule is CCOc1cccc(S(=O)(=O)N2CCNCC2c2cccnc2)c1. The Kier molecular flexibility index (Phi) is 5.13. The molecule has 0 radical (unpaired) electrons. The highest BCUT2D eigenvalue weighted by molar-refractivity contribution is 7.89. The van der Waals surface area contributed by atoms with E-state index in [4.69, 9.17) is 4.74 Å². The van der Waals surface area contributed by atoms with E-state index in [0.29, 0.717) is 32.0 Å². The van der Waals surface area contributed by atoms with Gasteiger partial charge >= 0.3 is 0 Å². The maximum Gasteiger partial charge on any atom is 0.243 e. The molecule has 1 atom stereocenters. The number of aromatic nitrogens is 1. The molecule has 1 unspecified atom stereocenters. The predicted molar refractivity (Wildman–Crippen MR) is 91.4 cm³/mol. The second-order valence-corrected chi connectivity index (χ2v) is 7.42. The van der Waals surface area contributed by atoms with E-state index >= 15 is 0 Å². The van der Waals surface area contributed by atoms with Crippen LogP contribution >= 0.6 is 0 Å². The first-order chi connectivity index (χ1) is 11.6. The average molecular weight is 347 g/mol. The molecule has 1 aliphatic rings. The van der Waals surface area contributed by atoms with Gasteiger partial charge in [0.2, 0.25) is 10.0 Å². The molecule has 7 heteroatoms. The number of nitrogens with zero attached hydrogens (tertiary/aromatic N) is 2. The highest BCUT2D eigenvalue weighted by Gasteiger charge is 2.34. The molecule has 2 heterocycles. The summed E-state index contributed by atoms with van der Waals surface area (Å²) in [6.07, 6.45) is 3.40. The number of nitrogens with one attached hydrogen (secondary N) is 1. The Bertz CT molecular complexity index is 781. The number of hydrogen-bond donors (Lipinski definition) is 1. The number of ether oxygens (including phenoxy) is 1. The maximum absolute atomic E-state index is 13.1. The lowest BCUT2D eigenvalue weighted by molar-refractivity contribution is 0.271. The van der Waals surface area contributed by atoms with E-state index in [2.05, 4.69) is 10.3 Å². The van der Waals surface area contributed by atoms with E-state index in [1.54, 1.807) is 41.0 Å². The maximum atomic E-state index is 13.1. The molecule has 0 saturated carbocycles. The topological polar surface area (TPSA) is 71.5 Å². The normalized spacial score (nSPS) is 19.1. The molecule has 0 bridgehead atoms. The first-order valence-electron chi connectivity index (χ1n) is 7.98. The van der Waals surface area contributed by atoms with Gasteiger partial charge in [-0.2, -0.15) is 4.31 Å². The summed E-state index contributed by atoms with van der Waals surface area (Å²) in [6.45, 7) is 3.98. The molecule has 1 fully saturated rings. The third-order valence-electron chi connectivity index (χ3n) is 3.99. The zero-order chi connectivity index (χ0) is 17.0. The molecule has 0 spiro atoms. The Morgan fingerprint density at radius 1 is 1.33 bits per heavy atom. The van der Waals surface area contributed by atoms with Crippen LogP contribution in [0, 0.1) is 0 Å². The molecule has 1 N–H and O–H groups in total. The van der Waals surface area contributed by atoms with Crippen molar-refractivity contribution in [1.29, 1.82) is 0 Å². The summed E-state index contributed by atoms with van der Waals surface area (Å²) in [7, 11) is -3.61. The fourth-order valence-electron chi connectivity index (χ4n) is 2.86. The van der Waals surface area contributed by atoms with Crippen LogP contribution in [-0.4, -0.2) is 43.9 Å². The van der Waals surface area contributed by atoms with Crippen molar-refractivity contribution in [2.45, 2.75) is 17.9 Å². The van der Waals surface area contributed by atoms with Crippen LogP contribution in [0.4, 0.5) is 0 Å². The minimum absolute atomic E-state index is 0.254. The molecule has 0 amide bonds. The second-order valence-electron chi connectivity index (χ2n) is 5.53. The average Bonchev–Trinajstić information content (AvgIpc) is 2.63. The third kappa shape index (κ3) is 3.43. The highest BCUT2D eigenvalue weighted by Crippen LogP contribution is 2.29. The van der Waals surface area contributed by atoms with Gasteiger partial charge in [-0.05, 0) is 30.7 Å². The van der Waals surface area contributed by atoms with Crippen LogP contribution in [0.5, 0.6) is 5.75 Å². The van der Waals surface area contributed by atoms with Gasteiger partial charge in [0.25, 0.3) is 0 Å². The van der Waals surface area contributed by atoms with Crippen molar-refractivity contribution in [3.05, 3.63) is 54.4 Å². The lowest BCUT2D eigenvalue weighted by Gasteiger charge is -2.35. The van der Waals surface area contributed by atoms with E-state index in [9.17, 15) is 8.42 Å².